The van der Waals surface area contributed by atoms with Gasteiger partial charge in [-0.2, -0.15) is 0 Å². The van der Waals surface area contributed by atoms with Crippen molar-refractivity contribution in [2.45, 2.75) is 13.0 Å². The number of para-hydroxylation sites is 1. The predicted molar refractivity (Wildman–Crippen MR) is 104 cm³/mol. The van der Waals surface area contributed by atoms with E-state index >= 15 is 0 Å². The first kappa shape index (κ1) is 18.8. The molecule has 0 saturated carbocycles. The molecule has 8 heteroatoms. The first-order valence-corrected chi connectivity index (χ1v) is 10.1. The summed E-state index contributed by atoms with van der Waals surface area (Å²) in [5, 5.41) is 3.73. The minimum absolute atomic E-state index is 0.325. The van der Waals surface area contributed by atoms with E-state index in [1.54, 1.807) is 38.3 Å². The van der Waals surface area contributed by atoms with Gasteiger partial charge in [-0.3, -0.25) is 9.52 Å². The quantitative estimate of drug-likeness (QED) is 0.675. The van der Waals surface area contributed by atoms with Gasteiger partial charge in [-0.05, 0) is 37.3 Å². The highest BCUT2D eigenvalue weighted by Gasteiger charge is 2.17. The van der Waals surface area contributed by atoms with Crippen LogP contribution in [0.15, 0.2) is 52.9 Å². The van der Waals surface area contributed by atoms with Crippen molar-refractivity contribution in [1.82, 2.24) is 5.32 Å². The monoisotopic (exact) mass is 388 g/mol. The highest BCUT2D eigenvalue weighted by atomic mass is 32.2. The number of carbonyl (C=O) groups excluding carboxylic acids is 1. The molecule has 1 amide bonds. The lowest BCUT2D eigenvalue weighted by atomic mass is 10.1. The van der Waals surface area contributed by atoms with Crippen molar-refractivity contribution >= 4 is 32.6 Å². The summed E-state index contributed by atoms with van der Waals surface area (Å²) < 4.78 is 36.2. The number of furan rings is 1. The molecule has 0 fully saturated rings. The Kier molecular flexibility index (Phi) is 5.09. The minimum atomic E-state index is -3.42. The van der Waals surface area contributed by atoms with Crippen LogP contribution in [0.5, 0.6) is 5.75 Å². The van der Waals surface area contributed by atoms with E-state index in [9.17, 15) is 13.2 Å². The fourth-order valence-electron chi connectivity index (χ4n) is 2.72. The molecule has 7 nitrogen and oxygen atoms in total. The number of fused-ring (bicyclic) bond motifs is 1. The number of nitrogens with one attached hydrogen (secondary N) is 2. The average molecular weight is 388 g/mol. The maximum atomic E-state index is 12.5. The highest BCUT2D eigenvalue weighted by molar-refractivity contribution is 7.92. The average Bonchev–Trinajstić information content (AvgIpc) is 3.04. The minimum Gasteiger partial charge on any atom is -0.493 e. The van der Waals surface area contributed by atoms with Crippen LogP contribution < -0.4 is 14.8 Å². The predicted octanol–water partition coefficient (Wildman–Crippen LogP) is 3.30. The van der Waals surface area contributed by atoms with Crippen LogP contribution in [0.3, 0.4) is 0 Å². The lowest BCUT2D eigenvalue weighted by Gasteiger charge is -2.12. The fourth-order valence-corrected chi connectivity index (χ4v) is 3.27. The van der Waals surface area contributed by atoms with Gasteiger partial charge >= 0.3 is 0 Å². The Bertz CT molecular complexity index is 1090. The Hall–Kier alpha value is -3.00. The number of sulfonamides is 1. The molecule has 2 N–H and O–H groups in total. The SMILES string of the molecule is COc1cccc2cc(C(C)NC(=O)c3cccc(NS(C)(=O)=O)c3)oc12. The molecule has 0 aliphatic carbocycles. The van der Waals surface area contributed by atoms with Crippen molar-refractivity contribution in [1.29, 1.82) is 0 Å². The van der Waals surface area contributed by atoms with Crippen LogP contribution >= 0.6 is 0 Å². The number of rotatable bonds is 6. The molecular weight excluding hydrogens is 368 g/mol. The van der Waals surface area contributed by atoms with Crippen LogP contribution in [-0.2, 0) is 10.0 Å². The second kappa shape index (κ2) is 7.32. The number of hydrogen-bond acceptors (Lipinski definition) is 5. The zero-order valence-electron chi connectivity index (χ0n) is 15.1. The van der Waals surface area contributed by atoms with Crippen molar-refractivity contribution in [2.75, 3.05) is 18.1 Å². The molecule has 1 unspecified atom stereocenters. The van der Waals surface area contributed by atoms with Gasteiger partial charge in [0.1, 0.15) is 5.76 Å². The van der Waals surface area contributed by atoms with Crippen molar-refractivity contribution in [2.24, 2.45) is 0 Å². The van der Waals surface area contributed by atoms with Gasteiger partial charge in [0, 0.05) is 16.6 Å². The molecule has 3 rings (SSSR count). The first-order chi connectivity index (χ1) is 12.8. The Balaban J connectivity index is 1.79. The summed E-state index contributed by atoms with van der Waals surface area (Å²) in [6.07, 6.45) is 1.05. The first-order valence-electron chi connectivity index (χ1n) is 8.22. The molecule has 0 bridgehead atoms. The molecule has 0 saturated heterocycles. The van der Waals surface area contributed by atoms with E-state index < -0.39 is 10.0 Å². The number of ether oxygens (including phenoxy) is 1. The van der Waals surface area contributed by atoms with Gasteiger partial charge in [-0.25, -0.2) is 8.42 Å². The van der Waals surface area contributed by atoms with Gasteiger partial charge in [0.05, 0.1) is 19.4 Å². The molecule has 0 aliphatic rings. The summed E-state index contributed by atoms with van der Waals surface area (Å²) in [7, 11) is -1.85. The number of carbonyl (C=O) groups is 1. The molecule has 0 spiro atoms. The number of benzene rings is 2. The molecule has 27 heavy (non-hydrogen) atoms. The van der Waals surface area contributed by atoms with Gasteiger partial charge in [0.25, 0.3) is 5.91 Å². The second-order valence-corrected chi connectivity index (χ2v) is 7.93. The van der Waals surface area contributed by atoms with E-state index in [0.717, 1.165) is 11.6 Å². The Morgan fingerprint density at radius 3 is 2.59 bits per heavy atom. The third-order valence-corrected chi connectivity index (χ3v) is 4.56. The van der Waals surface area contributed by atoms with E-state index in [1.807, 2.05) is 18.2 Å². The Morgan fingerprint density at radius 2 is 1.89 bits per heavy atom. The van der Waals surface area contributed by atoms with Crippen LogP contribution in [0.4, 0.5) is 5.69 Å². The highest BCUT2D eigenvalue weighted by Crippen LogP contribution is 2.31. The van der Waals surface area contributed by atoms with Crippen LogP contribution in [-0.4, -0.2) is 27.7 Å². The van der Waals surface area contributed by atoms with Crippen LogP contribution in [0, 0.1) is 0 Å². The molecular formula is C19H20N2O5S. The van der Waals surface area contributed by atoms with Crippen LogP contribution in [0.2, 0.25) is 0 Å². The fraction of sp³-hybridized carbons (Fsp3) is 0.211. The Labute approximate surface area is 157 Å². The van der Waals surface area contributed by atoms with E-state index in [-0.39, 0.29) is 11.9 Å². The molecule has 0 radical (unpaired) electrons. The van der Waals surface area contributed by atoms with Crippen LogP contribution in [0.25, 0.3) is 11.0 Å². The molecule has 2 aromatic carbocycles. The molecule has 1 aromatic heterocycles. The summed E-state index contributed by atoms with van der Waals surface area (Å²) >= 11 is 0. The number of hydrogen-bond donors (Lipinski definition) is 2. The van der Waals surface area contributed by atoms with E-state index in [4.69, 9.17) is 9.15 Å². The van der Waals surface area contributed by atoms with Crippen LogP contribution in [0.1, 0.15) is 29.1 Å². The third-order valence-electron chi connectivity index (χ3n) is 3.95. The molecule has 142 valence electrons. The topological polar surface area (TPSA) is 97.6 Å². The number of methoxy groups -OCH3 is 1. The van der Waals surface area contributed by atoms with Gasteiger partial charge in [0.15, 0.2) is 11.3 Å². The zero-order valence-corrected chi connectivity index (χ0v) is 16.0. The third kappa shape index (κ3) is 4.40. The molecule has 3 aromatic rings. The lowest BCUT2D eigenvalue weighted by Crippen LogP contribution is -2.26. The lowest BCUT2D eigenvalue weighted by molar-refractivity contribution is 0.0935. The summed E-state index contributed by atoms with van der Waals surface area (Å²) in [6.45, 7) is 1.81. The summed E-state index contributed by atoms with van der Waals surface area (Å²) in [4.78, 5) is 12.5. The van der Waals surface area contributed by atoms with Crippen molar-refractivity contribution in [3.8, 4) is 5.75 Å². The number of anilines is 1. The molecule has 1 heterocycles. The summed E-state index contributed by atoms with van der Waals surface area (Å²) in [5.41, 5.74) is 1.28. The van der Waals surface area contributed by atoms with E-state index in [1.165, 1.54) is 6.07 Å². The van der Waals surface area contributed by atoms with Gasteiger partial charge in [-0.1, -0.05) is 18.2 Å². The van der Waals surface area contributed by atoms with E-state index in [2.05, 4.69) is 10.0 Å². The normalized spacial score (nSPS) is 12.6. The summed E-state index contributed by atoms with van der Waals surface area (Å²) in [6, 6.07) is 13.3. The maximum absolute atomic E-state index is 12.5. The molecule has 1 atom stereocenters. The number of amides is 1. The summed E-state index contributed by atoms with van der Waals surface area (Å²) in [5.74, 6) is 0.872. The van der Waals surface area contributed by atoms with Crippen molar-refractivity contribution in [3.05, 3.63) is 59.9 Å². The van der Waals surface area contributed by atoms with Gasteiger partial charge < -0.3 is 14.5 Å². The van der Waals surface area contributed by atoms with Gasteiger partial charge in [0.2, 0.25) is 10.0 Å². The molecule has 0 aliphatic heterocycles. The Morgan fingerprint density at radius 1 is 1.15 bits per heavy atom. The van der Waals surface area contributed by atoms with E-state index in [0.29, 0.717) is 28.3 Å². The van der Waals surface area contributed by atoms with Crippen molar-refractivity contribution < 1.29 is 22.4 Å². The van der Waals surface area contributed by atoms with Gasteiger partial charge in [-0.15, -0.1) is 0 Å². The zero-order chi connectivity index (χ0) is 19.6. The maximum Gasteiger partial charge on any atom is 0.251 e. The largest absolute Gasteiger partial charge is 0.493 e. The second-order valence-electron chi connectivity index (χ2n) is 6.18. The smallest absolute Gasteiger partial charge is 0.251 e. The standard InChI is InChI=1S/C19H20N2O5S/c1-12(17-11-13-6-5-9-16(25-2)18(13)26-17)20-19(22)14-7-4-8-15(10-14)21-27(3,23)24/h4-12,21H,1-3H3,(H,20,22). The van der Waals surface area contributed by atoms with Crippen molar-refractivity contribution in [3.63, 3.8) is 0 Å².